The molecule has 1 N–H and O–H groups in total. The van der Waals surface area contributed by atoms with Gasteiger partial charge in [0.2, 0.25) is 0 Å². The Balaban J connectivity index is 1.43. The Kier molecular flexibility index (Phi) is 6.85. The number of anilines is 1. The van der Waals surface area contributed by atoms with Crippen LogP contribution >= 0.6 is 0 Å². The van der Waals surface area contributed by atoms with Crippen molar-refractivity contribution in [1.82, 2.24) is 10.2 Å². The van der Waals surface area contributed by atoms with E-state index in [-0.39, 0.29) is 16.8 Å². The molecule has 0 bridgehead atoms. The highest BCUT2D eigenvalue weighted by molar-refractivity contribution is 7.92. The smallest absolute Gasteiger partial charge is 0.264 e. The fourth-order valence-electron chi connectivity index (χ4n) is 4.07. The van der Waals surface area contributed by atoms with Crippen molar-refractivity contribution in [3.63, 3.8) is 0 Å². The van der Waals surface area contributed by atoms with Gasteiger partial charge in [0.25, 0.3) is 15.9 Å². The maximum atomic E-state index is 12.9. The van der Waals surface area contributed by atoms with Gasteiger partial charge in [0.15, 0.2) is 0 Å². The van der Waals surface area contributed by atoms with E-state index < -0.39 is 10.0 Å². The highest BCUT2D eigenvalue weighted by Gasteiger charge is 2.26. The lowest BCUT2D eigenvalue weighted by molar-refractivity contribution is 0.0934. The average molecular weight is 468 g/mol. The largest absolute Gasteiger partial charge is 0.468 e. The van der Waals surface area contributed by atoms with E-state index in [0.29, 0.717) is 17.8 Å². The van der Waals surface area contributed by atoms with E-state index in [4.69, 9.17) is 4.42 Å². The number of aryl methyl sites for hydroxylation is 1. The number of sulfonamides is 1. The number of amides is 1. The van der Waals surface area contributed by atoms with Crippen LogP contribution in [0.3, 0.4) is 0 Å². The van der Waals surface area contributed by atoms with Crippen molar-refractivity contribution >= 4 is 21.6 Å². The minimum atomic E-state index is -3.68. The number of carbonyl (C=O) groups is 1. The molecule has 1 fully saturated rings. The maximum absolute atomic E-state index is 12.9. The van der Waals surface area contributed by atoms with Gasteiger partial charge in [0.05, 0.1) is 22.9 Å². The summed E-state index contributed by atoms with van der Waals surface area (Å²) >= 11 is 0. The number of hydrogen-bond acceptors (Lipinski definition) is 5. The van der Waals surface area contributed by atoms with Crippen LogP contribution < -0.4 is 9.62 Å². The number of furan rings is 1. The van der Waals surface area contributed by atoms with E-state index >= 15 is 0 Å². The minimum absolute atomic E-state index is 0.00323. The summed E-state index contributed by atoms with van der Waals surface area (Å²) in [6.07, 6.45) is 3.94. The Hall–Kier alpha value is -3.10. The SMILES string of the molecule is Cc1ccc(S(=O)(=O)N(C)c2ccc(C(=O)NC[C@@H](c3ccco3)N3CCCC3)cc2)cc1. The van der Waals surface area contributed by atoms with E-state index in [1.54, 1.807) is 54.8 Å². The summed E-state index contributed by atoms with van der Waals surface area (Å²) in [5, 5.41) is 3.00. The summed E-state index contributed by atoms with van der Waals surface area (Å²) in [6.45, 7) is 4.32. The van der Waals surface area contributed by atoms with Crippen molar-refractivity contribution in [2.24, 2.45) is 0 Å². The first-order valence-electron chi connectivity index (χ1n) is 11.1. The third-order valence-electron chi connectivity index (χ3n) is 6.08. The second kappa shape index (κ2) is 9.80. The first kappa shape index (κ1) is 23.1. The lowest BCUT2D eigenvalue weighted by atomic mass is 10.1. The summed E-state index contributed by atoms with van der Waals surface area (Å²) in [4.78, 5) is 15.3. The molecule has 33 heavy (non-hydrogen) atoms. The summed E-state index contributed by atoms with van der Waals surface area (Å²) in [7, 11) is -2.17. The molecule has 1 amide bonds. The molecule has 3 aromatic rings. The molecular formula is C25H29N3O4S. The summed E-state index contributed by atoms with van der Waals surface area (Å²) < 4.78 is 32.7. The molecule has 1 aliphatic heterocycles. The zero-order valence-electron chi connectivity index (χ0n) is 18.9. The van der Waals surface area contributed by atoms with E-state index in [9.17, 15) is 13.2 Å². The highest BCUT2D eigenvalue weighted by atomic mass is 32.2. The van der Waals surface area contributed by atoms with Crippen LogP contribution in [0, 0.1) is 6.92 Å². The van der Waals surface area contributed by atoms with Gasteiger partial charge in [-0.2, -0.15) is 0 Å². The van der Waals surface area contributed by atoms with Crippen LogP contribution in [0.2, 0.25) is 0 Å². The van der Waals surface area contributed by atoms with Crippen molar-refractivity contribution in [3.05, 3.63) is 83.8 Å². The van der Waals surface area contributed by atoms with Gasteiger partial charge >= 0.3 is 0 Å². The number of likely N-dealkylation sites (tertiary alicyclic amines) is 1. The fourth-order valence-corrected chi connectivity index (χ4v) is 5.26. The predicted octanol–water partition coefficient (Wildman–Crippen LogP) is 3.98. The Morgan fingerprint density at radius 1 is 1.06 bits per heavy atom. The molecule has 0 aliphatic carbocycles. The molecule has 0 saturated carbocycles. The predicted molar refractivity (Wildman–Crippen MR) is 128 cm³/mol. The molecule has 1 atom stereocenters. The second-order valence-electron chi connectivity index (χ2n) is 8.32. The summed E-state index contributed by atoms with van der Waals surface area (Å²) in [6, 6.07) is 17.1. The monoisotopic (exact) mass is 467 g/mol. The molecule has 1 saturated heterocycles. The lowest BCUT2D eigenvalue weighted by Crippen LogP contribution is -2.36. The molecular weight excluding hydrogens is 438 g/mol. The van der Waals surface area contributed by atoms with Crippen LogP contribution in [-0.4, -0.2) is 45.9 Å². The van der Waals surface area contributed by atoms with Crippen LogP contribution in [0.4, 0.5) is 5.69 Å². The van der Waals surface area contributed by atoms with Gasteiger partial charge in [-0.1, -0.05) is 17.7 Å². The van der Waals surface area contributed by atoms with Gasteiger partial charge in [-0.25, -0.2) is 8.42 Å². The van der Waals surface area contributed by atoms with Gasteiger partial charge in [-0.3, -0.25) is 14.0 Å². The Morgan fingerprint density at radius 3 is 2.33 bits per heavy atom. The number of nitrogens with one attached hydrogen (secondary N) is 1. The second-order valence-corrected chi connectivity index (χ2v) is 10.3. The van der Waals surface area contributed by atoms with Crippen molar-refractivity contribution in [2.75, 3.05) is 31.0 Å². The van der Waals surface area contributed by atoms with E-state index in [1.807, 2.05) is 19.1 Å². The first-order chi connectivity index (χ1) is 15.9. The van der Waals surface area contributed by atoms with Crippen LogP contribution in [-0.2, 0) is 10.0 Å². The molecule has 8 heteroatoms. The van der Waals surface area contributed by atoms with Crippen molar-refractivity contribution < 1.29 is 17.6 Å². The summed E-state index contributed by atoms with van der Waals surface area (Å²) in [5.74, 6) is 0.636. The van der Waals surface area contributed by atoms with E-state index in [1.165, 1.54) is 11.4 Å². The molecule has 174 valence electrons. The maximum Gasteiger partial charge on any atom is 0.264 e. The summed E-state index contributed by atoms with van der Waals surface area (Å²) in [5.41, 5.74) is 1.95. The third kappa shape index (κ3) is 5.12. The van der Waals surface area contributed by atoms with Crippen LogP contribution in [0.15, 0.2) is 76.2 Å². The topological polar surface area (TPSA) is 82.9 Å². The Morgan fingerprint density at radius 2 is 1.73 bits per heavy atom. The minimum Gasteiger partial charge on any atom is -0.468 e. The first-order valence-corrected chi connectivity index (χ1v) is 12.5. The van der Waals surface area contributed by atoms with Gasteiger partial charge in [-0.15, -0.1) is 0 Å². The van der Waals surface area contributed by atoms with E-state index in [0.717, 1.165) is 37.3 Å². The van der Waals surface area contributed by atoms with Crippen molar-refractivity contribution in [1.29, 1.82) is 0 Å². The Bertz CT molecular complexity index is 1170. The van der Waals surface area contributed by atoms with Gasteiger partial charge in [0.1, 0.15) is 5.76 Å². The molecule has 2 heterocycles. The number of rotatable bonds is 8. The standard InChI is InChI=1S/C25H29N3O4S/c1-19-7-13-22(14-8-19)33(30,31)27(2)21-11-9-20(10-12-21)25(29)26-18-23(24-6-5-17-32-24)28-15-3-4-16-28/h5-14,17,23H,3-4,15-16,18H2,1-2H3,(H,26,29)/t23-/m0/s1. The Labute approximate surface area is 195 Å². The molecule has 0 spiro atoms. The van der Waals surface area contributed by atoms with Crippen molar-refractivity contribution in [2.45, 2.75) is 30.7 Å². The van der Waals surface area contributed by atoms with Gasteiger partial charge in [-0.05, 0) is 81.4 Å². The van der Waals surface area contributed by atoms with Gasteiger partial charge < -0.3 is 9.73 Å². The molecule has 4 rings (SSSR count). The zero-order valence-corrected chi connectivity index (χ0v) is 19.7. The number of hydrogen-bond donors (Lipinski definition) is 1. The van der Waals surface area contributed by atoms with Crippen LogP contribution in [0.5, 0.6) is 0 Å². The van der Waals surface area contributed by atoms with Crippen molar-refractivity contribution in [3.8, 4) is 0 Å². The molecule has 2 aromatic carbocycles. The molecule has 1 aliphatic rings. The fraction of sp³-hybridized carbons (Fsp3) is 0.320. The van der Waals surface area contributed by atoms with E-state index in [2.05, 4.69) is 10.2 Å². The van der Waals surface area contributed by atoms with Crippen LogP contribution in [0.25, 0.3) is 0 Å². The molecule has 7 nitrogen and oxygen atoms in total. The number of carbonyl (C=O) groups excluding carboxylic acids is 1. The number of nitrogens with zero attached hydrogens (tertiary/aromatic N) is 2. The molecule has 0 unspecified atom stereocenters. The number of benzene rings is 2. The third-order valence-corrected chi connectivity index (χ3v) is 7.88. The average Bonchev–Trinajstić information content (AvgIpc) is 3.54. The molecule has 0 radical (unpaired) electrons. The molecule has 1 aromatic heterocycles. The lowest BCUT2D eigenvalue weighted by Gasteiger charge is -2.26. The zero-order chi connectivity index (χ0) is 23.4. The van der Waals surface area contributed by atoms with Crippen LogP contribution in [0.1, 0.15) is 40.6 Å². The highest BCUT2D eigenvalue weighted by Crippen LogP contribution is 2.26. The van der Waals surface area contributed by atoms with Gasteiger partial charge in [0, 0.05) is 19.2 Å². The quantitative estimate of drug-likeness (QED) is 0.542. The normalized spacial score (nSPS) is 15.3.